The third-order valence-electron chi connectivity index (χ3n) is 1.54. The fourth-order valence-electron chi connectivity index (χ4n) is 0.726. The Bertz CT molecular complexity index is 292. The molecule has 0 aromatic rings. The van der Waals surface area contributed by atoms with Gasteiger partial charge in [-0.3, -0.25) is 0 Å². The zero-order chi connectivity index (χ0) is 12.0. The lowest BCUT2D eigenvalue weighted by Crippen LogP contribution is -2.20. The fraction of sp³-hybridized carbons (Fsp3) is 0.400. The van der Waals surface area contributed by atoms with Gasteiger partial charge in [0.2, 0.25) is 0 Å². The van der Waals surface area contributed by atoms with Gasteiger partial charge in [0, 0.05) is 17.6 Å². The molecule has 0 rings (SSSR count). The highest BCUT2D eigenvalue weighted by Crippen LogP contribution is 2.04. The first-order valence-corrected chi connectivity index (χ1v) is 4.26. The Morgan fingerprint density at radius 2 is 1.93 bits per heavy atom. The third kappa shape index (κ3) is 5.64. The highest BCUT2D eigenvalue weighted by Gasteiger charge is 2.13. The van der Waals surface area contributed by atoms with Crippen molar-refractivity contribution in [1.29, 1.82) is 0 Å². The topological polar surface area (TPSA) is 83.8 Å². The van der Waals surface area contributed by atoms with Crippen LogP contribution < -0.4 is 0 Å². The predicted molar refractivity (Wildman–Crippen MR) is 53.2 cm³/mol. The molecule has 15 heavy (non-hydrogen) atoms. The van der Waals surface area contributed by atoms with Gasteiger partial charge in [0.1, 0.15) is 6.61 Å². The number of ether oxygens (including phenoxy) is 1. The first kappa shape index (κ1) is 13.4. The van der Waals surface area contributed by atoms with Crippen LogP contribution in [0.5, 0.6) is 0 Å². The molecular formula is C10H14O5. The van der Waals surface area contributed by atoms with E-state index in [2.05, 4.69) is 17.9 Å². The van der Waals surface area contributed by atoms with Gasteiger partial charge in [0.25, 0.3) is 0 Å². The van der Waals surface area contributed by atoms with Crippen LogP contribution in [0.3, 0.4) is 0 Å². The first-order chi connectivity index (χ1) is 6.84. The van der Waals surface area contributed by atoms with E-state index >= 15 is 0 Å². The predicted octanol–water partition coefficient (Wildman–Crippen LogP) is 0.498. The van der Waals surface area contributed by atoms with Crippen LogP contribution in [0.2, 0.25) is 0 Å². The number of hydrogen-bond donors (Lipinski definition) is 2. The van der Waals surface area contributed by atoms with Crippen LogP contribution >= 0.6 is 0 Å². The van der Waals surface area contributed by atoms with Crippen molar-refractivity contribution >= 4 is 11.9 Å². The van der Waals surface area contributed by atoms with E-state index in [1.165, 1.54) is 6.92 Å². The van der Waals surface area contributed by atoms with Crippen LogP contribution in [0.1, 0.15) is 13.3 Å². The smallest absolute Gasteiger partial charge is 0.333 e. The molecule has 0 aliphatic heterocycles. The molecule has 0 bridgehead atoms. The number of aliphatic hydroxyl groups excluding tert-OH is 1. The van der Waals surface area contributed by atoms with Crippen molar-refractivity contribution in [2.24, 2.45) is 0 Å². The molecule has 0 heterocycles. The third-order valence-corrected chi connectivity index (χ3v) is 1.54. The number of hydrogen-bond acceptors (Lipinski definition) is 4. The molecule has 0 aliphatic carbocycles. The maximum atomic E-state index is 10.9. The zero-order valence-corrected chi connectivity index (χ0v) is 8.52. The summed E-state index contributed by atoms with van der Waals surface area (Å²) in [5, 5.41) is 17.7. The standard InChI is InChI=1S/C10H14O5/c1-6(2)10(14)15-5-8(11)4-7(3)9(12)13/h8,11H,1,3-5H2,2H3,(H,12,13). The molecule has 0 aliphatic rings. The molecule has 0 aromatic heterocycles. The number of carbonyl (C=O) groups excluding carboxylic acids is 1. The van der Waals surface area contributed by atoms with Crippen LogP contribution in [0.4, 0.5) is 0 Å². The Hall–Kier alpha value is -1.62. The summed E-state index contributed by atoms with van der Waals surface area (Å²) in [6, 6.07) is 0. The second kappa shape index (κ2) is 5.98. The maximum Gasteiger partial charge on any atom is 0.333 e. The quantitative estimate of drug-likeness (QED) is 0.496. The monoisotopic (exact) mass is 214 g/mol. The van der Waals surface area contributed by atoms with Gasteiger partial charge in [-0.05, 0) is 6.92 Å². The lowest BCUT2D eigenvalue weighted by molar-refractivity contribution is -0.141. The number of aliphatic hydroxyl groups is 1. The molecule has 0 saturated carbocycles. The average Bonchev–Trinajstić information content (AvgIpc) is 2.13. The molecule has 1 unspecified atom stereocenters. The van der Waals surface area contributed by atoms with Crippen molar-refractivity contribution < 1.29 is 24.5 Å². The molecule has 0 saturated heterocycles. The van der Waals surface area contributed by atoms with E-state index in [0.717, 1.165) is 0 Å². The fourth-order valence-corrected chi connectivity index (χ4v) is 0.726. The number of carboxylic acid groups (broad SMARTS) is 1. The van der Waals surface area contributed by atoms with E-state index in [1.807, 2.05) is 0 Å². The summed E-state index contributed by atoms with van der Waals surface area (Å²) in [7, 11) is 0. The highest BCUT2D eigenvalue weighted by atomic mass is 16.5. The van der Waals surface area contributed by atoms with Gasteiger partial charge < -0.3 is 14.9 Å². The van der Waals surface area contributed by atoms with Crippen molar-refractivity contribution in [1.82, 2.24) is 0 Å². The first-order valence-electron chi connectivity index (χ1n) is 4.26. The normalized spacial score (nSPS) is 11.6. The van der Waals surface area contributed by atoms with Crippen LogP contribution in [0.15, 0.2) is 24.3 Å². The maximum absolute atomic E-state index is 10.9. The van der Waals surface area contributed by atoms with Gasteiger partial charge in [0.15, 0.2) is 0 Å². The van der Waals surface area contributed by atoms with Gasteiger partial charge in [-0.25, -0.2) is 9.59 Å². The van der Waals surface area contributed by atoms with Crippen LogP contribution in [0.25, 0.3) is 0 Å². The molecule has 5 nitrogen and oxygen atoms in total. The Balaban J connectivity index is 3.90. The molecule has 0 radical (unpaired) electrons. The molecule has 0 spiro atoms. The lowest BCUT2D eigenvalue weighted by atomic mass is 10.1. The zero-order valence-electron chi connectivity index (χ0n) is 8.52. The number of carbonyl (C=O) groups is 2. The molecule has 5 heteroatoms. The van der Waals surface area contributed by atoms with Gasteiger partial charge in [-0.15, -0.1) is 0 Å². The largest absolute Gasteiger partial charge is 0.478 e. The second-order valence-electron chi connectivity index (χ2n) is 3.15. The minimum absolute atomic E-state index is 0.131. The highest BCUT2D eigenvalue weighted by molar-refractivity contribution is 5.87. The van der Waals surface area contributed by atoms with Crippen LogP contribution in [0, 0.1) is 0 Å². The van der Waals surface area contributed by atoms with E-state index in [-0.39, 0.29) is 24.2 Å². The van der Waals surface area contributed by atoms with E-state index in [0.29, 0.717) is 0 Å². The molecule has 0 aromatic carbocycles. The number of aliphatic carboxylic acids is 1. The molecule has 0 fully saturated rings. The minimum atomic E-state index is -1.18. The summed E-state index contributed by atoms with van der Waals surface area (Å²) in [6.07, 6.45) is -1.20. The van der Waals surface area contributed by atoms with Gasteiger partial charge in [-0.2, -0.15) is 0 Å². The van der Waals surface area contributed by atoms with Crippen molar-refractivity contribution in [2.45, 2.75) is 19.4 Å². The molecule has 2 N–H and O–H groups in total. The SMILES string of the molecule is C=C(C)C(=O)OCC(O)CC(=C)C(=O)O. The Morgan fingerprint density at radius 3 is 2.33 bits per heavy atom. The summed E-state index contributed by atoms with van der Waals surface area (Å²) in [6.45, 7) is 7.80. The number of carboxylic acids is 1. The van der Waals surface area contributed by atoms with Crippen LogP contribution in [-0.2, 0) is 14.3 Å². The van der Waals surface area contributed by atoms with E-state index in [1.54, 1.807) is 0 Å². The van der Waals surface area contributed by atoms with E-state index in [4.69, 9.17) is 5.11 Å². The summed E-state index contributed by atoms with van der Waals surface area (Å²) >= 11 is 0. The molecular weight excluding hydrogens is 200 g/mol. The number of esters is 1. The van der Waals surface area contributed by atoms with Crippen LogP contribution in [-0.4, -0.2) is 34.9 Å². The Morgan fingerprint density at radius 1 is 1.40 bits per heavy atom. The van der Waals surface area contributed by atoms with Crippen molar-refractivity contribution in [3.05, 3.63) is 24.3 Å². The summed E-state index contributed by atoms with van der Waals surface area (Å²) in [5.41, 5.74) is 0.0909. The van der Waals surface area contributed by atoms with Gasteiger partial charge in [-0.1, -0.05) is 13.2 Å². The summed E-state index contributed by atoms with van der Waals surface area (Å²) in [5.74, 6) is -1.80. The molecule has 0 amide bonds. The van der Waals surface area contributed by atoms with Crippen molar-refractivity contribution in [3.8, 4) is 0 Å². The molecule has 1 atom stereocenters. The molecule has 84 valence electrons. The Labute approximate surface area is 87.7 Å². The summed E-state index contributed by atoms with van der Waals surface area (Å²) in [4.78, 5) is 21.2. The summed E-state index contributed by atoms with van der Waals surface area (Å²) < 4.78 is 4.62. The van der Waals surface area contributed by atoms with Crippen molar-refractivity contribution in [3.63, 3.8) is 0 Å². The van der Waals surface area contributed by atoms with E-state index in [9.17, 15) is 14.7 Å². The second-order valence-corrected chi connectivity index (χ2v) is 3.15. The van der Waals surface area contributed by atoms with E-state index < -0.39 is 18.0 Å². The Kier molecular flexibility index (Phi) is 5.33. The van der Waals surface area contributed by atoms with Crippen molar-refractivity contribution in [2.75, 3.05) is 6.61 Å². The lowest BCUT2D eigenvalue weighted by Gasteiger charge is -2.10. The number of rotatable bonds is 6. The minimum Gasteiger partial charge on any atom is -0.478 e. The average molecular weight is 214 g/mol. The van der Waals surface area contributed by atoms with Gasteiger partial charge in [0.05, 0.1) is 6.10 Å². The van der Waals surface area contributed by atoms with Gasteiger partial charge >= 0.3 is 11.9 Å².